The van der Waals surface area contributed by atoms with Crippen LogP contribution in [0, 0.1) is 0 Å². The minimum atomic E-state index is -1.17. The zero-order valence-electron chi connectivity index (χ0n) is 5.87. The topological polar surface area (TPSA) is 83.5 Å². The second kappa shape index (κ2) is 5.40. The smallest absolute Gasteiger partial charge is 0.312 e. The van der Waals surface area contributed by atoms with Gasteiger partial charge in [-0.1, -0.05) is 0 Å². The molecule has 0 unspecified atom stereocenters. The van der Waals surface area contributed by atoms with Crippen molar-refractivity contribution < 1.29 is 19.5 Å². The Hall–Kier alpha value is -1.39. The van der Waals surface area contributed by atoms with Crippen LogP contribution in [0.15, 0.2) is 0 Å². The molecule has 0 aliphatic heterocycles. The molecule has 0 radical (unpaired) electrons. The summed E-state index contributed by atoms with van der Waals surface area (Å²) in [5.41, 5.74) is 0. The maximum atomic E-state index is 10.5. The van der Waals surface area contributed by atoms with Crippen LogP contribution in [0.4, 0.5) is 0 Å². The minimum Gasteiger partial charge on any atom is -0.481 e. The largest absolute Gasteiger partial charge is 0.481 e. The van der Waals surface area contributed by atoms with Crippen molar-refractivity contribution in [1.82, 2.24) is 5.32 Å². The van der Waals surface area contributed by atoms with Gasteiger partial charge in [0.15, 0.2) is 0 Å². The molecule has 0 spiro atoms. The number of hydrogen-bond acceptors (Lipinski definition) is 3. The normalized spacial score (nSPS) is 8.73. The first-order valence-corrected chi connectivity index (χ1v) is 3.09. The van der Waals surface area contributed by atoms with E-state index in [1.165, 1.54) is 0 Å². The predicted octanol–water partition coefficient (Wildman–Crippen LogP) is -0.834. The van der Waals surface area contributed by atoms with Crippen LogP contribution in [0.5, 0.6) is 0 Å². The van der Waals surface area contributed by atoms with Gasteiger partial charge in [-0.2, -0.15) is 0 Å². The van der Waals surface area contributed by atoms with Crippen molar-refractivity contribution in [3.63, 3.8) is 0 Å². The first kappa shape index (κ1) is 9.61. The lowest BCUT2D eigenvalue weighted by Gasteiger charge is -1.97. The van der Waals surface area contributed by atoms with Gasteiger partial charge in [0, 0.05) is 13.0 Å². The maximum absolute atomic E-state index is 10.5. The molecule has 0 aromatic rings. The van der Waals surface area contributed by atoms with Crippen LogP contribution in [0.3, 0.4) is 0 Å². The first-order chi connectivity index (χ1) is 5.16. The number of rotatable bonds is 5. The van der Waals surface area contributed by atoms with Crippen molar-refractivity contribution in [2.75, 3.05) is 6.54 Å². The van der Waals surface area contributed by atoms with Crippen LogP contribution >= 0.6 is 0 Å². The van der Waals surface area contributed by atoms with E-state index in [2.05, 4.69) is 5.32 Å². The van der Waals surface area contributed by atoms with Crippen molar-refractivity contribution >= 4 is 18.2 Å². The van der Waals surface area contributed by atoms with E-state index in [1.807, 2.05) is 0 Å². The summed E-state index contributed by atoms with van der Waals surface area (Å²) >= 11 is 0. The average molecular weight is 159 g/mol. The van der Waals surface area contributed by atoms with Gasteiger partial charge in [-0.05, 0) is 0 Å². The molecule has 11 heavy (non-hydrogen) atoms. The molecule has 0 aromatic carbocycles. The van der Waals surface area contributed by atoms with Gasteiger partial charge in [-0.3, -0.25) is 9.59 Å². The molecule has 0 atom stereocenters. The van der Waals surface area contributed by atoms with E-state index in [1.54, 1.807) is 0 Å². The predicted molar refractivity (Wildman–Crippen MR) is 35.9 cm³/mol. The Morgan fingerprint density at radius 1 is 1.45 bits per heavy atom. The van der Waals surface area contributed by atoms with Gasteiger partial charge >= 0.3 is 5.97 Å². The molecule has 0 heterocycles. The van der Waals surface area contributed by atoms with E-state index in [9.17, 15) is 14.4 Å². The summed E-state index contributed by atoms with van der Waals surface area (Å²) in [6.45, 7) is 0.204. The molecule has 0 saturated heterocycles. The van der Waals surface area contributed by atoms with E-state index in [-0.39, 0.29) is 13.0 Å². The third-order valence-corrected chi connectivity index (χ3v) is 0.896. The molecule has 62 valence electrons. The van der Waals surface area contributed by atoms with Crippen LogP contribution in [0.1, 0.15) is 12.8 Å². The number of aliphatic carboxylic acids is 1. The summed E-state index contributed by atoms with van der Waals surface area (Å²) in [6, 6.07) is 0. The third-order valence-electron chi connectivity index (χ3n) is 0.896. The monoisotopic (exact) mass is 159 g/mol. The molecule has 5 nitrogen and oxygen atoms in total. The van der Waals surface area contributed by atoms with Crippen LogP contribution in [0.2, 0.25) is 0 Å². The fourth-order valence-electron chi connectivity index (χ4n) is 0.470. The van der Waals surface area contributed by atoms with Crippen LogP contribution in [-0.4, -0.2) is 29.8 Å². The second-order valence-corrected chi connectivity index (χ2v) is 1.88. The summed E-state index contributed by atoms with van der Waals surface area (Å²) < 4.78 is 0. The molecule has 2 N–H and O–H groups in total. The molecule has 0 aromatic heterocycles. The number of carboxylic acids is 1. The van der Waals surface area contributed by atoms with E-state index in [4.69, 9.17) is 5.11 Å². The molecule has 0 fully saturated rings. The summed E-state index contributed by atoms with van der Waals surface area (Å²) in [7, 11) is 0. The van der Waals surface area contributed by atoms with Gasteiger partial charge in [-0.25, -0.2) is 0 Å². The van der Waals surface area contributed by atoms with E-state index in [0.717, 1.165) is 0 Å². The average Bonchev–Trinajstić information content (AvgIpc) is 1.86. The lowest BCUT2D eigenvalue weighted by molar-refractivity contribution is -0.140. The van der Waals surface area contributed by atoms with Gasteiger partial charge in [0.25, 0.3) is 0 Å². The number of amides is 1. The van der Waals surface area contributed by atoms with Gasteiger partial charge in [-0.15, -0.1) is 0 Å². The second-order valence-electron chi connectivity index (χ2n) is 1.88. The summed E-state index contributed by atoms with van der Waals surface area (Å²) in [5, 5.41) is 10.4. The molecule has 0 aliphatic rings. The highest BCUT2D eigenvalue weighted by atomic mass is 16.4. The van der Waals surface area contributed by atoms with Gasteiger partial charge in [0.1, 0.15) is 12.7 Å². The number of hydrogen-bond donors (Lipinski definition) is 2. The summed E-state index contributed by atoms with van der Waals surface area (Å²) in [4.78, 5) is 30.2. The lowest BCUT2D eigenvalue weighted by Crippen LogP contribution is -2.26. The van der Waals surface area contributed by atoms with Crippen LogP contribution in [-0.2, 0) is 14.4 Å². The standard InChI is InChI=1S/C6H9NO4/c8-3-1-2-7-5(9)4-6(10)11/h3H,1-2,4H2,(H,7,9)(H,10,11). The van der Waals surface area contributed by atoms with Crippen molar-refractivity contribution in [2.45, 2.75) is 12.8 Å². The molecule has 5 heteroatoms. The Balaban J connectivity index is 3.37. The van der Waals surface area contributed by atoms with Crippen molar-refractivity contribution in [3.8, 4) is 0 Å². The number of carboxylic acid groups (broad SMARTS) is 1. The number of carbonyl (C=O) groups excluding carboxylic acids is 2. The lowest BCUT2D eigenvalue weighted by atomic mass is 10.4. The highest BCUT2D eigenvalue weighted by Gasteiger charge is 2.05. The highest BCUT2D eigenvalue weighted by molar-refractivity contribution is 5.93. The number of aldehydes is 1. The molecular formula is C6H9NO4. The zero-order valence-corrected chi connectivity index (χ0v) is 5.87. The SMILES string of the molecule is O=CCCNC(=O)CC(=O)O. The van der Waals surface area contributed by atoms with Crippen molar-refractivity contribution in [2.24, 2.45) is 0 Å². The Bertz CT molecular complexity index is 166. The zero-order chi connectivity index (χ0) is 8.69. The quantitative estimate of drug-likeness (QED) is 0.311. The fraction of sp³-hybridized carbons (Fsp3) is 0.500. The minimum absolute atomic E-state index is 0.204. The highest BCUT2D eigenvalue weighted by Crippen LogP contribution is 1.78. The Labute approximate surface area is 63.4 Å². The van der Waals surface area contributed by atoms with Crippen LogP contribution in [0.25, 0.3) is 0 Å². The number of carbonyl (C=O) groups is 3. The molecule has 0 bridgehead atoms. The third kappa shape index (κ3) is 6.50. The molecular weight excluding hydrogens is 150 g/mol. The molecule has 0 aliphatic carbocycles. The molecule has 0 saturated carbocycles. The van der Waals surface area contributed by atoms with E-state index < -0.39 is 18.3 Å². The van der Waals surface area contributed by atoms with Crippen LogP contribution < -0.4 is 5.32 Å². The van der Waals surface area contributed by atoms with Gasteiger partial charge in [0.05, 0.1) is 0 Å². The van der Waals surface area contributed by atoms with Crippen molar-refractivity contribution in [1.29, 1.82) is 0 Å². The van der Waals surface area contributed by atoms with Crippen molar-refractivity contribution in [3.05, 3.63) is 0 Å². The van der Waals surface area contributed by atoms with Gasteiger partial charge < -0.3 is 15.2 Å². The Kier molecular flexibility index (Phi) is 4.72. The van der Waals surface area contributed by atoms with E-state index >= 15 is 0 Å². The summed E-state index contributed by atoms with van der Waals surface area (Å²) in [6.07, 6.45) is 0.325. The first-order valence-electron chi connectivity index (χ1n) is 3.09. The summed E-state index contributed by atoms with van der Waals surface area (Å²) in [5.74, 6) is -1.74. The maximum Gasteiger partial charge on any atom is 0.312 e. The fourth-order valence-corrected chi connectivity index (χ4v) is 0.470. The molecule has 0 rings (SSSR count). The molecule has 1 amide bonds. The van der Waals surface area contributed by atoms with E-state index in [0.29, 0.717) is 6.29 Å². The Morgan fingerprint density at radius 3 is 2.55 bits per heavy atom. The number of nitrogens with one attached hydrogen (secondary N) is 1. The van der Waals surface area contributed by atoms with Gasteiger partial charge in [0.2, 0.25) is 5.91 Å². The Morgan fingerprint density at radius 2 is 2.09 bits per heavy atom.